The third-order valence-electron chi connectivity index (χ3n) is 1.77. The summed E-state index contributed by atoms with van der Waals surface area (Å²) in [6.45, 7) is 2.05. The molecule has 0 saturated heterocycles. The van der Waals surface area contributed by atoms with Crippen LogP contribution in [0.2, 0.25) is 0 Å². The maximum atomic E-state index is 4.07. The SMILES string of the molecule is Cc1cccc(-c2ncncn2)c1. The van der Waals surface area contributed by atoms with Crippen LogP contribution in [0.3, 0.4) is 0 Å². The molecule has 0 atom stereocenters. The molecule has 13 heavy (non-hydrogen) atoms. The minimum atomic E-state index is 0.721. The molecule has 0 amide bonds. The molecule has 0 aliphatic heterocycles. The number of hydrogen-bond donors (Lipinski definition) is 0. The van der Waals surface area contributed by atoms with Crippen molar-refractivity contribution in [2.45, 2.75) is 6.92 Å². The van der Waals surface area contributed by atoms with Crippen LogP contribution in [-0.2, 0) is 0 Å². The van der Waals surface area contributed by atoms with Gasteiger partial charge in [-0.15, -0.1) is 0 Å². The van der Waals surface area contributed by atoms with Crippen LogP contribution in [0.1, 0.15) is 5.56 Å². The molecule has 3 nitrogen and oxygen atoms in total. The van der Waals surface area contributed by atoms with E-state index in [1.54, 1.807) is 0 Å². The minimum absolute atomic E-state index is 0.721. The Morgan fingerprint density at radius 3 is 2.54 bits per heavy atom. The third kappa shape index (κ3) is 1.69. The average molecular weight is 171 g/mol. The van der Waals surface area contributed by atoms with Crippen molar-refractivity contribution < 1.29 is 0 Å². The van der Waals surface area contributed by atoms with E-state index in [1.807, 2.05) is 25.1 Å². The molecule has 0 saturated carbocycles. The number of hydrogen-bond acceptors (Lipinski definition) is 3. The molecule has 0 unspecified atom stereocenters. The molecular formula is C10H9N3. The lowest BCUT2D eigenvalue weighted by Gasteiger charge is -1.98. The van der Waals surface area contributed by atoms with Crippen LogP contribution >= 0.6 is 0 Å². The fraction of sp³-hybridized carbons (Fsp3) is 0.100. The predicted molar refractivity (Wildman–Crippen MR) is 50.0 cm³/mol. The normalized spacial score (nSPS) is 9.92. The van der Waals surface area contributed by atoms with Gasteiger partial charge in [-0.25, -0.2) is 15.0 Å². The molecule has 64 valence electrons. The van der Waals surface area contributed by atoms with E-state index in [1.165, 1.54) is 18.2 Å². The van der Waals surface area contributed by atoms with Gasteiger partial charge in [0, 0.05) is 5.56 Å². The molecule has 0 radical (unpaired) electrons. The lowest BCUT2D eigenvalue weighted by molar-refractivity contribution is 1.05. The summed E-state index contributed by atoms with van der Waals surface area (Å²) in [7, 11) is 0. The number of rotatable bonds is 1. The van der Waals surface area contributed by atoms with Gasteiger partial charge in [-0.3, -0.25) is 0 Å². The molecule has 0 aliphatic rings. The summed E-state index contributed by atoms with van der Waals surface area (Å²) in [6.07, 6.45) is 3.01. The van der Waals surface area contributed by atoms with Crippen molar-refractivity contribution in [1.29, 1.82) is 0 Å². The summed E-state index contributed by atoms with van der Waals surface area (Å²) in [5, 5.41) is 0. The van der Waals surface area contributed by atoms with Crippen LogP contribution in [0.5, 0.6) is 0 Å². The molecule has 1 aromatic heterocycles. The zero-order valence-electron chi connectivity index (χ0n) is 7.31. The summed E-state index contributed by atoms with van der Waals surface area (Å²) in [5.74, 6) is 0.721. The van der Waals surface area contributed by atoms with Gasteiger partial charge >= 0.3 is 0 Å². The summed E-state index contributed by atoms with van der Waals surface area (Å²) < 4.78 is 0. The first-order valence-electron chi connectivity index (χ1n) is 4.05. The Labute approximate surface area is 76.5 Å². The molecule has 0 bridgehead atoms. The van der Waals surface area contributed by atoms with Gasteiger partial charge in [0.1, 0.15) is 12.7 Å². The Balaban J connectivity index is 2.48. The Morgan fingerprint density at radius 2 is 1.85 bits per heavy atom. The third-order valence-corrected chi connectivity index (χ3v) is 1.77. The topological polar surface area (TPSA) is 38.7 Å². The van der Waals surface area contributed by atoms with Crippen LogP contribution in [-0.4, -0.2) is 15.0 Å². The van der Waals surface area contributed by atoms with Gasteiger partial charge in [0.25, 0.3) is 0 Å². The van der Waals surface area contributed by atoms with E-state index in [9.17, 15) is 0 Å². The Morgan fingerprint density at radius 1 is 1.08 bits per heavy atom. The van der Waals surface area contributed by atoms with Crippen LogP contribution in [0, 0.1) is 6.92 Å². The van der Waals surface area contributed by atoms with Gasteiger partial charge in [0.15, 0.2) is 5.82 Å². The van der Waals surface area contributed by atoms with Gasteiger partial charge in [-0.05, 0) is 13.0 Å². The highest BCUT2D eigenvalue weighted by molar-refractivity contribution is 5.55. The van der Waals surface area contributed by atoms with E-state index >= 15 is 0 Å². The Bertz CT molecular complexity index is 398. The van der Waals surface area contributed by atoms with Crippen molar-refractivity contribution in [2.75, 3.05) is 0 Å². The van der Waals surface area contributed by atoms with Gasteiger partial charge in [0.2, 0.25) is 0 Å². The Hall–Kier alpha value is -1.77. The fourth-order valence-corrected chi connectivity index (χ4v) is 1.17. The quantitative estimate of drug-likeness (QED) is 0.657. The first-order chi connectivity index (χ1) is 6.36. The summed E-state index contributed by atoms with van der Waals surface area (Å²) in [4.78, 5) is 11.9. The second-order valence-electron chi connectivity index (χ2n) is 2.83. The van der Waals surface area contributed by atoms with Crippen LogP contribution in [0.4, 0.5) is 0 Å². The number of nitrogens with zero attached hydrogens (tertiary/aromatic N) is 3. The summed E-state index contributed by atoms with van der Waals surface area (Å²) >= 11 is 0. The van der Waals surface area contributed by atoms with E-state index in [0.717, 1.165) is 11.4 Å². The van der Waals surface area contributed by atoms with Gasteiger partial charge in [-0.2, -0.15) is 0 Å². The van der Waals surface area contributed by atoms with Crippen LogP contribution in [0.15, 0.2) is 36.9 Å². The molecule has 0 N–H and O–H groups in total. The number of benzene rings is 1. The van der Waals surface area contributed by atoms with E-state index in [2.05, 4.69) is 21.0 Å². The van der Waals surface area contributed by atoms with Crippen molar-refractivity contribution in [3.63, 3.8) is 0 Å². The van der Waals surface area contributed by atoms with Gasteiger partial charge in [0.05, 0.1) is 0 Å². The molecule has 2 aromatic rings. The molecular weight excluding hydrogens is 162 g/mol. The van der Waals surface area contributed by atoms with Crippen molar-refractivity contribution in [1.82, 2.24) is 15.0 Å². The van der Waals surface area contributed by atoms with Crippen molar-refractivity contribution in [3.8, 4) is 11.4 Å². The second kappa shape index (κ2) is 3.31. The lowest BCUT2D eigenvalue weighted by atomic mass is 10.1. The van der Waals surface area contributed by atoms with Crippen molar-refractivity contribution >= 4 is 0 Å². The van der Waals surface area contributed by atoms with E-state index in [0.29, 0.717) is 0 Å². The fourth-order valence-electron chi connectivity index (χ4n) is 1.17. The molecule has 3 heteroatoms. The summed E-state index contributed by atoms with van der Waals surface area (Å²) in [6, 6.07) is 8.08. The molecule has 0 spiro atoms. The lowest BCUT2D eigenvalue weighted by Crippen LogP contribution is -1.88. The maximum absolute atomic E-state index is 4.07. The minimum Gasteiger partial charge on any atom is -0.225 e. The first-order valence-corrected chi connectivity index (χ1v) is 4.05. The predicted octanol–water partition coefficient (Wildman–Crippen LogP) is 1.85. The first kappa shape index (κ1) is 7.86. The van der Waals surface area contributed by atoms with Crippen LogP contribution < -0.4 is 0 Å². The molecule has 0 aliphatic carbocycles. The molecule has 0 fully saturated rings. The highest BCUT2D eigenvalue weighted by Crippen LogP contribution is 2.13. The monoisotopic (exact) mass is 171 g/mol. The second-order valence-corrected chi connectivity index (χ2v) is 2.83. The van der Waals surface area contributed by atoms with Gasteiger partial charge in [-0.1, -0.05) is 23.8 Å². The molecule has 2 rings (SSSR count). The molecule has 1 aromatic carbocycles. The highest BCUT2D eigenvalue weighted by atomic mass is 15.0. The smallest absolute Gasteiger partial charge is 0.162 e. The van der Waals surface area contributed by atoms with E-state index < -0.39 is 0 Å². The zero-order valence-corrected chi connectivity index (χ0v) is 7.31. The number of aromatic nitrogens is 3. The average Bonchev–Trinajstić information content (AvgIpc) is 2.19. The van der Waals surface area contributed by atoms with Crippen molar-refractivity contribution in [2.24, 2.45) is 0 Å². The van der Waals surface area contributed by atoms with Gasteiger partial charge < -0.3 is 0 Å². The standard InChI is InChI=1S/C10H9N3/c1-8-3-2-4-9(5-8)10-12-6-11-7-13-10/h2-7H,1H3. The highest BCUT2D eigenvalue weighted by Gasteiger charge is 1.98. The van der Waals surface area contributed by atoms with E-state index in [4.69, 9.17) is 0 Å². The molecule has 1 heterocycles. The number of aryl methyl sites for hydroxylation is 1. The maximum Gasteiger partial charge on any atom is 0.162 e. The van der Waals surface area contributed by atoms with Crippen LogP contribution in [0.25, 0.3) is 11.4 Å². The summed E-state index contributed by atoms with van der Waals surface area (Å²) in [5.41, 5.74) is 2.24. The zero-order chi connectivity index (χ0) is 9.10. The largest absolute Gasteiger partial charge is 0.225 e. The Kier molecular flexibility index (Phi) is 2.00. The van der Waals surface area contributed by atoms with E-state index in [-0.39, 0.29) is 0 Å². The van der Waals surface area contributed by atoms with Crippen molar-refractivity contribution in [3.05, 3.63) is 42.5 Å².